The third kappa shape index (κ3) is 6.22. The Hall–Kier alpha value is -2.30. The Bertz CT molecular complexity index is 877. The van der Waals surface area contributed by atoms with Crippen molar-refractivity contribution in [3.8, 4) is 0 Å². The van der Waals surface area contributed by atoms with E-state index in [1.54, 1.807) is 0 Å². The second-order valence-corrected chi connectivity index (χ2v) is 9.68. The summed E-state index contributed by atoms with van der Waals surface area (Å²) in [6.45, 7) is 3.47. The van der Waals surface area contributed by atoms with Crippen molar-refractivity contribution in [3.05, 3.63) is 34.9 Å². The lowest BCUT2D eigenvalue weighted by atomic mass is 9.80. The molecule has 1 amide bonds. The SMILES string of the molecule is CC(C)C1CC(NC2CC(C(=O)O)C2)C[C@H]1C(=O)NCc1cc(C(F)(F)F)cc(C(F)(F)F)c1. The van der Waals surface area contributed by atoms with Gasteiger partial charge >= 0.3 is 18.3 Å². The molecule has 3 atom stereocenters. The highest BCUT2D eigenvalue weighted by Gasteiger charge is 2.43. The Morgan fingerprint density at radius 1 is 0.941 bits per heavy atom. The summed E-state index contributed by atoms with van der Waals surface area (Å²) in [4.78, 5) is 23.9. The van der Waals surface area contributed by atoms with Crippen molar-refractivity contribution in [1.29, 1.82) is 0 Å². The zero-order chi connectivity index (χ0) is 25.4. The van der Waals surface area contributed by atoms with Crippen LogP contribution in [-0.4, -0.2) is 29.1 Å². The third-order valence-corrected chi connectivity index (χ3v) is 6.88. The minimum absolute atomic E-state index is 0.00622. The molecule has 2 aliphatic carbocycles. The van der Waals surface area contributed by atoms with E-state index in [1.807, 2.05) is 13.8 Å². The maximum absolute atomic E-state index is 13.1. The van der Waals surface area contributed by atoms with Crippen LogP contribution in [0.3, 0.4) is 0 Å². The predicted octanol–water partition coefficient (Wildman–Crippen LogP) is 4.84. The number of hydrogen-bond donors (Lipinski definition) is 3. The van der Waals surface area contributed by atoms with E-state index in [2.05, 4.69) is 10.6 Å². The minimum Gasteiger partial charge on any atom is -0.481 e. The molecule has 2 unspecified atom stereocenters. The minimum atomic E-state index is -4.95. The highest BCUT2D eigenvalue weighted by atomic mass is 19.4. The molecule has 0 saturated heterocycles. The first-order valence-electron chi connectivity index (χ1n) is 11.2. The number of carboxylic acids is 1. The Balaban J connectivity index is 1.65. The smallest absolute Gasteiger partial charge is 0.416 e. The first kappa shape index (κ1) is 26.3. The number of amides is 1. The quantitative estimate of drug-likeness (QED) is 0.474. The average Bonchev–Trinajstić information content (AvgIpc) is 3.11. The van der Waals surface area contributed by atoms with Crippen LogP contribution in [0.25, 0.3) is 0 Å². The number of benzene rings is 1. The zero-order valence-electron chi connectivity index (χ0n) is 18.8. The summed E-state index contributed by atoms with van der Waals surface area (Å²) in [5.41, 5.74) is -3.12. The summed E-state index contributed by atoms with van der Waals surface area (Å²) in [5, 5.41) is 14.9. The van der Waals surface area contributed by atoms with Gasteiger partial charge in [0, 0.05) is 24.5 Å². The molecular formula is C23H28F6N2O3. The Labute approximate surface area is 193 Å². The van der Waals surface area contributed by atoms with Crippen molar-refractivity contribution in [2.75, 3.05) is 0 Å². The van der Waals surface area contributed by atoms with Gasteiger partial charge in [-0.15, -0.1) is 0 Å². The van der Waals surface area contributed by atoms with Gasteiger partial charge in [0.15, 0.2) is 0 Å². The topological polar surface area (TPSA) is 78.4 Å². The molecule has 0 spiro atoms. The van der Waals surface area contributed by atoms with Crippen LogP contribution in [0.4, 0.5) is 26.3 Å². The van der Waals surface area contributed by atoms with Crippen molar-refractivity contribution in [2.24, 2.45) is 23.7 Å². The number of carbonyl (C=O) groups excluding carboxylic acids is 1. The molecule has 2 saturated carbocycles. The molecule has 1 aromatic rings. The summed E-state index contributed by atoms with van der Waals surface area (Å²) in [6, 6.07) is 1.34. The lowest BCUT2D eigenvalue weighted by molar-refractivity contribution is -0.146. The maximum atomic E-state index is 13.1. The summed E-state index contributed by atoms with van der Waals surface area (Å²) < 4.78 is 78.5. The van der Waals surface area contributed by atoms with Gasteiger partial charge in [0.05, 0.1) is 17.0 Å². The number of nitrogens with one attached hydrogen (secondary N) is 2. The molecule has 0 aromatic heterocycles. The van der Waals surface area contributed by atoms with Crippen LogP contribution < -0.4 is 10.6 Å². The Morgan fingerprint density at radius 2 is 1.47 bits per heavy atom. The van der Waals surface area contributed by atoms with Crippen molar-refractivity contribution in [1.82, 2.24) is 10.6 Å². The van der Waals surface area contributed by atoms with Gasteiger partial charge < -0.3 is 15.7 Å². The van der Waals surface area contributed by atoms with Crippen LogP contribution >= 0.6 is 0 Å². The van der Waals surface area contributed by atoms with Gasteiger partial charge in [-0.25, -0.2) is 0 Å². The van der Waals surface area contributed by atoms with Crippen LogP contribution in [0, 0.1) is 23.7 Å². The van der Waals surface area contributed by atoms with Crippen molar-refractivity contribution in [2.45, 2.75) is 70.5 Å². The molecule has 2 aliphatic rings. The standard InChI is InChI=1S/C23H28F6N2O3/c1-11(2)18-8-17(31-16-5-13(6-16)21(33)34)9-19(18)20(32)30-10-12-3-14(22(24,25)26)7-15(4-12)23(27,28)29/h3-4,7,11,13,16-19,31H,5-6,8-10H2,1-2H3,(H,30,32)(H,33,34)/t13?,16?,17?,18?,19-/m1/s1. The van der Waals surface area contributed by atoms with Gasteiger partial charge in [0.2, 0.25) is 5.91 Å². The van der Waals surface area contributed by atoms with Gasteiger partial charge in [0.25, 0.3) is 0 Å². The Kier molecular flexibility index (Phi) is 7.54. The molecule has 0 radical (unpaired) electrons. The van der Waals surface area contributed by atoms with Crippen LogP contribution in [0.2, 0.25) is 0 Å². The van der Waals surface area contributed by atoms with Crippen molar-refractivity contribution >= 4 is 11.9 Å². The molecule has 1 aromatic carbocycles. The van der Waals surface area contributed by atoms with Crippen molar-refractivity contribution in [3.63, 3.8) is 0 Å². The van der Waals surface area contributed by atoms with E-state index in [0.717, 1.165) is 0 Å². The van der Waals surface area contributed by atoms with Gasteiger partial charge in [-0.05, 0) is 61.3 Å². The highest BCUT2D eigenvalue weighted by molar-refractivity contribution is 5.79. The van der Waals surface area contributed by atoms with Crippen LogP contribution in [0.15, 0.2) is 18.2 Å². The van der Waals surface area contributed by atoms with Crippen LogP contribution in [-0.2, 0) is 28.5 Å². The van der Waals surface area contributed by atoms with E-state index >= 15 is 0 Å². The van der Waals surface area contributed by atoms with E-state index in [1.165, 1.54) is 0 Å². The number of aliphatic carboxylic acids is 1. The van der Waals surface area contributed by atoms with E-state index in [4.69, 9.17) is 5.11 Å². The van der Waals surface area contributed by atoms with Gasteiger partial charge in [-0.1, -0.05) is 13.8 Å². The number of carbonyl (C=O) groups is 2. The molecular weight excluding hydrogens is 466 g/mol. The van der Waals surface area contributed by atoms with Crippen LogP contribution in [0.1, 0.15) is 56.2 Å². The number of hydrogen-bond acceptors (Lipinski definition) is 3. The largest absolute Gasteiger partial charge is 0.481 e. The fraction of sp³-hybridized carbons (Fsp3) is 0.652. The fourth-order valence-electron chi connectivity index (χ4n) is 4.98. The number of alkyl halides is 6. The fourth-order valence-corrected chi connectivity index (χ4v) is 4.98. The van der Waals surface area contributed by atoms with E-state index in [0.29, 0.717) is 37.8 Å². The molecule has 190 valence electrons. The van der Waals surface area contributed by atoms with E-state index < -0.39 is 47.8 Å². The first-order chi connectivity index (χ1) is 15.6. The average molecular weight is 494 g/mol. The molecule has 3 N–H and O–H groups in total. The summed E-state index contributed by atoms with van der Waals surface area (Å²) in [6.07, 6.45) is -7.70. The third-order valence-electron chi connectivity index (χ3n) is 6.88. The Morgan fingerprint density at radius 3 is 1.94 bits per heavy atom. The number of rotatable bonds is 7. The van der Waals surface area contributed by atoms with Gasteiger partial charge in [-0.3, -0.25) is 9.59 Å². The van der Waals surface area contributed by atoms with Crippen LogP contribution in [0.5, 0.6) is 0 Å². The summed E-state index contributed by atoms with van der Waals surface area (Å²) >= 11 is 0. The monoisotopic (exact) mass is 494 g/mol. The number of halogens is 6. The van der Waals surface area contributed by atoms with Crippen molar-refractivity contribution < 1.29 is 41.0 Å². The summed E-state index contributed by atoms with van der Waals surface area (Å²) in [7, 11) is 0. The second-order valence-electron chi connectivity index (χ2n) is 9.68. The first-order valence-corrected chi connectivity index (χ1v) is 11.2. The summed E-state index contributed by atoms with van der Waals surface area (Å²) in [5.74, 6) is -1.93. The molecule has 11 heteroatoms. The molecule has 5 nitrogen and oxygen atoms in total. The zero-order valence-corrected chi connectivity index (χ0v) is 18.8. The molecule has 0 bridgehead atoms. The normalized spacial score (nSPS) is 27.5. The maximum Gasteiger partial charge on any atom is 0.416 e. The van der Waals surface area contributed by atoms with E-state index in [9.17, 15) is 35.9 Å². The highest BCUT2D eigenvalue weighted by Crippen LogP contribution is 2.40. The molecule has 3 rings (SSSR count). The lowest BCUT2D eigenvalue weighted by Crippen LogP contribution is -2.48. The second kappa shape index (κ2) is 9.75. The molecule has 0 heterocycles. The van der Waals surface area contributed by atoms with E-state index in [-0.39, 0.29) is 41.5 Å². The molecule has 34 heavy (non-hydrogen) atoms. The van der Waals surface area contributed by atoms with Gasteiger partial charge in [0.1, 0.15) is 0 Å². The van der Waals surface area contributed by atoms with Gasteiger partial charge in [-0.2, -0.15) is 26.3 Å². The number of carboxylic acid groups (broad SMARTS) is 1. The molecule has 0 aliphatic heterocycles. The lowest BCUT2D eigenvalue weighted by Gasteiger charge is -2.35. The molecule has 2 fully saturated rings. The predicted molar refractivity (Wildman–Crippen MR) is 110 cm³/mol.